The van der Waals surface area contributed by atoms with Crippen LogP contribution >= 0.6 is 0 Å². The minimum absolute atomic E-state index is 0.105. The molecule has 0 radical (unpaired) electrons. The fraction of sp³-hybridized carbons (Fsp3) is 0.638. The first-order valence-electron chi connectivity index (χ1n) is 30.7. The first-order valence-corrected chi connectivity index (χ1v) is 30.7. The van der Waals surface area contributed by atoms with Crippen LogP contribution in [0.15, 0.2) is 134 Å². The molecule has 0 aliphatic heterocycles. The van der Waals surface area contributed by atoms with Crippen molar-refractivity contribution in [3.05, 3.63) is 134 Å². The highest BCUT2D eigenvalue weighted by molar-refractivity contribution is 5.71. The first-order chi connectivity index (χ1) is 37.0. The Hall–Kier alpha value is -4.45. The average Bonchev–Trinajstić information content (AvgIpc) is 3.41. The van der Waals surface area contributed by atoms with E-state index >= 15 is 0 Å². The summed E-state index contributed by atoms with van der Waals surface area (Å²) in [6, 6.07) is 0. The second-order valence-corrected chi connectivity index (χ2v) is 19.8. The number of esters is 3. The van der Waals surface area contributed by atoms with Gasteiger partial charge in [-0.25, -0.2) is 0 Å². The minimum atomic E-state index is -0.812. The lowest BCUT2D eigenvalue weighted by Gasteiger charge is -2.18. The van der Waals surface area contributed by atoms with Gasteiger partial charge in [0.25, 0.3) is 0 Å². The Kier molecular flexibility index (Phi) is 58.4. The van der Waals surface area contributed by atoms with E-state index < -0.39 is 6.10 Å². The fourth-order valence-corrected chi connectivity index (χ4v) is 8.08. The lowest BCUT2D eigenvalue weighted by atomic mass is 10.1. The Morgan fingerprint density at radius 2 is 0.520 bits per heavy atom. The molecule has 75 heavy (non-hydrogen) atoms. The summed E-state index contributed by atoms with van der Waals surface area (Å²) in [5.74, 6) is -0.969. The average molecular weight is 1040 g/mol. The van der Waals surface area contributed by atoms with Crippen LogP contribution in [-0.4, -0.2) is 37.2 Å². The van der Waals surface area contributed by atoms with Gasteiger partial charge in [-0.15, -0.1) is 0 Å². The summed E-state index contributed by atoms with van der Waals surface area (Å²) < 4.78 is 16.9. The molecule has 0 aromatic carbocycles. The third kappa shape index (κ3) is 60.3. The van der Waals surface area contributed by atoms with Crippen molar-refractivity contribution in [3.8, 4) is 0 Å². The molecule has 0 bridgehead atoms. The maximum Gasteiger partial charge on any atom is 0.306 e. The van der Waals surface area contributed by atoms with Gasteiger partial charge in [0.1, 0.15) is 13.2 Å². The third-order valence-electron chi connectivity index (χ3n) is 12.6. The van der Waals surface area contributed by atoms with E-state index in [9.17, 15) is 14.4 Å². The Morgan fingerprint density at radius 1 is 0.280 bits per heavy atom. The highest BCUT2D eigenvalue weighted by Gasteiger charge is 2.19. The smallest absolute Gasteiger partial charge is 0.306 e. The molecular weight excluding hydrogens is 925 g/mol. The molecule has 0 aromatic heterocycles. The highest BCUT2D eigenvalue weighted by atomic mass is 16.6. The zero-order valence-corrected chi connectivity index (χ0v) is 48.5. The quantitative estimate of drug-likeness (QED) is 0.0261. The van der Waals surface area contributed by atoms with Gasteiger partial charge in [-0.3, -0.25) is 14.4 Å². The molecule has 0 aromatic rings. The zero-order valence-electron chi connectivity index (χ0n) is 48.5. The molecule has 0 rings (SSSR count). The maximum atomic E-state index is 12.9. The molecule has 0 heterocycles. The summed E-state index contributed by atoms with van der Waals surface area (Å²) in [5.41, 5.74) is 0. The Labute approximate surface area is 462 Å². The van der Waals surface area contributed by atoms with Crippen molar-refractivity contribution in [1.29, 1.82) is 0 Å². The van der Waals surface area contributed by atoms with Gasteiger partial charge in [0.2, 0.25) is 0 Å². The van der Waals surface area contributed by atoms with E-state index in [1.54, 1.807) is 0 Å². The number of unbranched alkanes of at least 4 members (excludes halogenated alkanes) is 21. The van der Waals surface area contributed by atoms with Gasteiger partial charge in [-0.2, -0.15) is 0 Å². The number of rotatable bonds is 54. The number of carbonyl (C=O) groups is 3. The normalized spacial score (nSPS) is 13.1. The van der Waals surface area contributed by atoms with E-state index in [1.807, 2.05) is 0 Å². The summed E-state index contributed by atoms with van der Waals surface area (Å²) in [5, 5.41) is 0. The third-order valence-corrected chi connectivity index (χ3v) is 12.6. The van der Waals surface area contributed by atoms with Gasteiger partial charge in [0.15, 0.2) is 6.10 Å². The van der Waals surface area contributed by atoms with Crippen molar-refractivity contribution >= 4 is 17.9 Å². The van der Waals surface area contributed by atoms with Crippen molar-refractivity contribution in [3.63, 3.8) is 0 Å². The monoisotopic (exact) mass is 1040 g/mol. The molecule has 0 aliphatic rings. The Bertz CT molecular complexity index is 1620. The molecule has 0 saturated heterocycles. The van der Waals surface area contributed by atoms with Gasteiger partial charge in [-0.05, 0) is 135 Å². The summed E-state index contributed by atoms with van der Waals surface area (Å²) in [6.45, 7) is 6.35. The molecule has 0 amide bonds. The van der Waals surface area contributed by atoms with Crippen molar-refractivity contribution in [2.24, 2.45) is 0 Å². The Morgan fingerprint density at radius 3 is 0.840 bits per heavy atom. The van der Waals surface area contributed by atoms with Crippen LogP contribution in [-0.2, 0) is 28.6 Å². The van der Waals surface area contributed by atoms with Crippen molar-refractivity contribution in [2.75, 3.05) is 13.2 Å². The highest BCUT2D eigenvalue weighted by Crippen LogP contribution is 2.14. The second kappa shape index (κ2) is 62.1. The van der Waals surface area contributed by atoms with Crippen molar-refractivity contribution in [1.82, 2.24) is 0 Å². The van der Waals surface area contributed by atoms with Gasteiger partial charge in [0, 0.05) is 19.3 Å². The van der Waals surface area contributed by atoms with Crippen LogP contribution in [0.1, 0.15) is 265 Å². The number of hydrogen-bond donors (Lipinski definition) is 0. The van der Waals surface area contributed by atoms with E-state index in [0.29, 0.717) is 25.7 Å². The van der Waals surface area contributed by atoms with Gasteiger partial charge in [-0.1, -0.05) is 244 Å². The number of hydrogen-bond acceptors (Lipinski definition) is 6. The molecule has 0 saturated carbocycles. The predicted molar refractivity (Wildman–Crippen MR) is 325 cm³/mol. The van der Waals surface area contributed by atoms with Crippen LogP contribution in [0.4, 0.5) is 0 Å². The first kappa shape index (κ1) is 70.5. The molecule has 6 heteroatoms. The van der Waals surface area contributed by atoms with Crippen molar-refractivity contribution < 1.29 is 28.6 Å². The van der Waals surface area contributed by atoms with Gasteiger partial charge < -0.3 is 14.2 Å². The molecule has 1 unspecified atom stereocenters. The van der Waals surface area contributed by atoms with Crippen molar-refractivity contribution in [2.45, 2.75) is 271 Å². The topological polar surface area (TPSA) is 78.9 Å². The lowest BCUT2D eigenvalue weighted by Crippen LogP contribution is -2.30. The summed E-state index contributed by atoms with van der Waals surface area (Å²) >= 11 is 0. The molecule has 424 valence electrons. The van der Waals surface area contributed by atoms with E-state index in [2.05, 4.69) is 154 Å². The molecule has 1 atom stereocenters. The molecule has 0 spiro atoms. The summed E-state index contributed by atoms with van der Waals surface area (Å²) in [7, 11) is 0. The summed E-state index contributed by atoms with van der Waals surface area (Å²) in [4.78, 5) is 38.3. The van der Waals surface area contributed by atoms with E-state index in [-0.39, 0.29) is 31.1 Å². The van der Waals surface area contributed by atoms with E-state index in [1.165, 1.54) is 83.5 Å². The van der Waals surface area contributed by atoms with Gasteiger partial charge in [0.05, 0.1) is 0 Å². The van der Waals surface area contributed by atoms with E-state index in [0.717, 1.165) is 135 Å². The van der Waals surface area contributed by atoms with Gasteiger partial charge >= 0.3 is 17.9 Å². The lowest BCUT2D eigenvalue weighted by molar-refractivity contribution is -0.167. The number of carbonyl (C=O) groups excluding carboxylic acids is 3. The van der Waals surface area contributed by atoms with Crippen LogP contribution in [0.3, 0.4) is 0 Å². The molecule has 0 aliphatic carbocycles. The predicted octanol–water partition coefficient (Wildman–Crippen LogP) is 21.0. The van der Waals surface area contributed by atoms with Crippen LogP contribution in [0.2, 0.25) is 0 Å². The fourth-order valence-electron chi connectivity index (χ4n) is 8.08. The van der Waals surface area contributed by atoms with Crippen LogP contribution in [0.5, 0.6) is 0 Å². The van der Waals surface area contributed by atoms with Crippen LogP contribution < -0.4 is 0 Å². The summed E-state index contributed by atoms with van der Waals surface area (Å²) in [6.07, 6.45) is 87.3. The molecule has 0 N–H and O–H groups in total. The maximum absolute atomic E-state index is 12.9. The zero-order chi connectivity index (χ0) is 54.3. The SMILES string of the molecule is CC/C=C\C/C=C\C/C=C\C/C=C\CCCCCCCCCCC(=O)OCC(COC(=O)CCCC/C=C\C/C=C\C/C=C\C/C=C\CC)OC(=O)CCCCCCCC/C=C\C/C=C\C/C=C\CCCCCCC. The Balaban J connectivity index is 4.48. The largest absolute Gasteiger partial charge is 0.462 e. The second-order valence-electron chi connectivity index (χ2n) is 19.8. The molecule has 0 fully saturated rings. The molecular formula is C69H112O6. The number of ether oxygens (including phenoxy) is 3. The molecule has 6 nitrogen and oxygen atoms in total. The van der Waals surface area contributed by atoms with Crippen LogP contribution in [0, 0.1) is 0 Å². The number of allylic oxidation sites excluding steroid dienone is 22. The van der Waals surface area contributed by atoms with Crippen LogP contribution in [0.25, 0.3) is 0 Å². The standard InChI is InChI=1S/C69H112O6/c1-4-7-10-13-16-19-22-25-28-30-32-34-36-38-41-44-47-50-53-56-59-62-68(71)74-65-66(64-73-67(70)61-58-55-52-49-46-43-40-27-24-21-18-15-12-9-6-3)75-69(72)63-60-57-54-51-48-45-42-39-37-35-33-31-29-26-23-20-17-14-11-8-5-2/h7,9-10,12,16,18-19,21,23,25-28,31-34,37,39-40,46,49,66H,4-6,8,11,13-15,17,20,22,24,29-30,35-36,38,41-45,47-48,50-65H2,1-3H3/b10-7-,12-9-,19-16-,21-18-,26-23-,28-25-,33-31-,34-32-,39-37-,40-27-,49-46-. The van der Waals surface area contributed by atoms with E-state index in [4.69, 9.17) is 14.2 Å². The minimum Gasteiger partial charge on any atom is -0.462 e.